The third kappa shape index (κ3) is 3.96. The summed E-state index contributed by atoms with van der Waals surface area (Å²) < 4.78 is 0. The minimum Gasteiger partial charge on any atom is -0.372 e. The largest absolute Gasteiger partial charge is 0.372 e. The molecule has 2 aromatic rings. The van der Waals surface area contributed by atoms with E-state index in [1.807, 2.05) is 24.3 Å². The van der Waals surface area contributed by atoms with Crippen LogP contribution < -0.4 is 4.90 Å². The maximum Gasteiger partial charge on any atom is 0.266 e. The SMILES string of the molecule is Cc1cc(N2CCCC2)ccc1/C=C1\SC(=Nc2cccc(Cl)c2)N(C)C1=O. The highest BCUT2D eigenvalue weighted by Crippen LogP contribution is 2.34. The van der Waals surface area contributed by atoms with Gasteiger partial charge >= 0.3 is 0 Å². The van der Waals surface area contributed by atoms with Crippen LogP contribution in [0, 0.1) is 6.92 Å². The van der Waals surface area contributed by atoms with E-state index in [1.54, 1.807) is 18.0 Å². The number of amides is 1. The molecule has 0 aromatic heterocycles. The second-order valence-electron chi connectivity index (χ2n) is 7.08. The number of benzene rings is 2. The van der Waals surface area contributed by atoms with Crippen molar-refractivity contribution in [3.8, 4) is 0 Å². The van der Waals surface area contributed by atoms with E-state index in [-0.39, 0.29) is 5.91 Å². The molecule has 4 nitrogen and oxygen atoms in total. The summed E-state index contributed by atoms with van der Waals surface area (Å²) in [7, 11) is 1.75. The lowest BCUT2D eigenvalue weighted by atomic mass is 10.1. The van der Waals surface area contributed by atoms with Gasteiger partial charge in [0.15, 0.2) is 5.17 Å². The van der Waals surface area contributed by atoms with Gasteiger partial charge in [-0.2, -0.15) is 0 Å². The highest BCUT2D eigenvalue weighted by molar-refractivity contribution is 8.18. The number of halogens is 1. The number of hydrogen-bond acceptors (Lipinski definition) is 4. The summed E-state index contributed by atoms with van der Waals surface area (Å²) in [4.78, 5) is 22.0. The molecule has 0 aliphatic carbocycles. The summed E-state index contributed by atoms with van der Waals surface area (Å²) in [6.07, 6.45) is 4.49. The highest BCUT2D eigenvalue weighted by atomic mass is 35.5. The van der Waals surface area contributed by atoms with Crippen molar-refractivity contribution < 1.29 is 4.79 Å². The maximum atomic E-state index is 12.7. The summed E-state index contributed by atoms with van der Waals surface area (Å²) in [5.41, 5.74) is 4.24. The second-order valence-corrected chi connectivity index (χ2v) is 8.53. The number of likely N-dealkylation sites (N-methyl/N-ethyl adjacent to an activating group) is 1. The Morgan fingerprint density at radius 2 is 1.93 bits per heavy atom. The second kappa shape index (κ2) is 8.02. The van der Waals surface area contributed by atoms with E-state index in [4.69, 9.17) is 11.6 Å². The Bertz CT molecular complexity index is 979. The molecule has 1 amide bonds. The summed E-state index contributed by atoms with van der Waals surface area (Å²) in [5.74, 6) is -0.0335. The van der Waals surface area contributed by atoms with Crippen LogP contribution in [0.4, 0.5) is 11.4 Å². The molecule has 0 N–H and O–H groups in total. The molecular weight excluding hydrogens is 390 g/mol. The Kier molecular flexibility index (Phi) is 5.47. The molecule has 0 spiro atoms. The van der Waals surface area contributed by atoms with E-state index < -0.39 is 0 Å². The first-order valence-corrected chi connectivity index (χ1v) is 10.6. The highest BCUT2D eigenvalue weighted by Gasteiger charge is 2.30. The molecule has 2 saturated heterocycles. The molecular formula is C22H22ClN3OS. The van der Waals surface area contributed by atoms with Crippen molar-refractivity contribution in [3.63, 3.8) is 0 Å². The Hall–Kier alpha value is -2.24. The Morgan fingerprint density at radius 3 is 2.64 bits per heavy atom. The first-order chi connectivity index (χ1) is 13.5. The molecule has 144 valence electrons. The lowest BCUT2D eigenvalue weighted by Gasteiger charge is -2.18. The van der Waals surface area contributed by atoms with Crippen molar-refractivity contribution in [1.29, 1.82) is 0 Å². The van der Waals surface area contributed by atoms with Crippen LogP contribution in [0.1, 0.15) is 24.0 Å². The number of hydrogen-bond donors (Lipinski definition) is 0. The van der Waals surface area contributed by atoms with Crippen molar-refractivity contribution in [2.75, 3.05) is 25.0 Å². The number of aryl methyl sites for hydroxylation is 1. The van der Waals surface area contributed by atoms with Gasteiger partial charge in [-0.1, -0.05) is 23.7 Å². The first-order valence-electron chi connectivity index (χ1n) is 9.39. The molecule has 2 heterocycles. The van der Waals surface area contributed by atoms with E-state index in [0.717, 1.165) is 24.3 Å². The molecule has 6 heteroatoms. The average molecular weight is 412 g/mol. The number of thioether (sulfide) groups is 1. The number of anilines is 1. The lowest BCUT2D eigenvalue weighted by molar-refractivity contribution is -0.121. The van der Waals surface area contributed by atoms with Gasteiger partial charge in [0, 0.05) is 30.8 Å². The van der Waals surface area contributed by atoms with Crippen molar-refractivity contribution in [1.82, 2.24) is 4.90 Å². The van der Waals surface area contributed by atoms with Gasteiger partial charge < -0.3 is 4.90 Å². The number of carbonyl (C=O) groups is 1. The predicted octanol–water partition coefficient (Wildman–Crippen LogP) is 5.48. The van der Waals surface area contributed by atoms with Gasteiger partial charge in [-0.05, 0) is 79.1 Å². The summed E-state index contributed by atoms with van der Waals surface area (Å²) in [6.45, 7) is 4.35. The fourth-order valence-corrected chi connectivity index (χ4v) is 4.61. The van der Waals surface area contributed by atoms with Crippen LogP contribution in [0.2, 0.25) is 5.02 Å². The zero-order chi connectivity index (χ0) is 19.7. The molecule has 0 saturated carbocycles. The van der Waals surface area contributed by atoms with Gasteiger partial charge in [0.25, 0.3) is 5.91 Å². The molecule has 2 fully saturated rings. The topological polar surface area (TPSA) is 35.9 Å². The van der Waals surface area contributed by atoms with Crippen LogP contribution in [0.5, 0.6) is 0 Å². The van der Waals surface area contributed by atoms with Gasteiger partial charge in [-0.15, -0.1) is 0 Å². The van der Waals surface area contributed by atoms with E-state index in [1.165, 1.54) is 35.9 Å². The van der Waals surface area contributed by atoms with Crippen LogP contribution in [0.25, 0.3) is 6.08 Å². The minimum atomic E-state index is -0.0335. The van der Waals surface area contributed by atoms with Crippen molar-refractivity contribution in [2.45, 2.75) is 19.8 Å². The van der Waals surface area contributed by atoms with Gasteiger partial charge in [-0.3, -0.25) is 9.69 Å². The quantitative estimate of drug-likeness (QED) is 0.627. The number of aliphatic imine (C=N–C) groups is 1. The molecule has 28 heavy (non-hydrogen) atoms. The van der Waals surface area contributed by atoms with Gasteiger partial charge in [0.05, 0.1) is 10.6 Å². The van der Waals surface area contributed by atoms with Crippen LogP contribution in [-0.2, 0) is 4.79 Å². The predicted molar refractivity (Wildman–Crippen MR) is 120 cm³/mol. The number of carbonyl (C=O) groups excluding carboxylic acids is 1. The number of rotatable bonds is 3. The zero-order valence-corrected chi connectivity index (χ0v) is 17.6. The zero-order valence-electron chi connectivity index (χ0n) is 16.0. The third-order valence-corrected chi connectivity index (χ3v) is 6.34. The van der Waals surface area contributed by atoms with E-state index in [0.29, 0.717) is 15.1 Å². The van der Waals surface area contributed by atoms with E-state index >= 15 is 0 Å². The minimum absolute atomic E-state index is 0.0335. The standard InChI is InChI=1S/C22H22ClN3OS/c1-15-12-19(26-10-3-4-11-26)9-8-16(15)13-20-21(27)25(2)22(28-20)24-18-7-5-6-17(23)14-18/h5-9,12-14H,3-4,10-11H2,1-2H3/b20-13-,24-22?. The van der Waals surface area contributed by atoms with Crippen molar-refractivity contribution in [2.24, 2.45) is 4.99 Å². The molecule has 2 aliphatic rings. The Morgan fingerprint density at radius 1 is 1.14 bits per heavy atom. The van der Waals surface area contributed by atoms with Gasteiger partial charge in [0.1, 0.15) is 0 Å². The number of nitrogens with zero attached hydrogens (tertiary/aromatic N) is 3. The van der Waals surface area contributed by atoms with Gasteiger partial charge in [0.2, 0.25) is 0 Å². The Labute approximate surface area is 174 Å². The van der Waals surface area contributed by atoms with E-state index in [9.17, 15) is 4.79 Å². The van der Waals surface area contributed by atoms with Crippen LogP contribution in [-0.4, -0.2) is 36.1 Å². The summed E-state index contributed by atoms with van der Waals surface area (Å²) >= 11 is 7.43. The third-order valence-electron chi connectivity index (χ3n) is 5.05. The molecule has 0 unspecified atom stereocenters. The van der Waals surface area contributed by atoms with Crippen molar-refractivity contribution >= 4 is 51.9 Å². The Balaban J connectivity index is 1.59. The molecule has 2 aromatic carbocycles. The van der Waals surface area contributed by atoms with Crippen LogP contribution in [0.15, 0.2) is 52.4 Å². The maximum absolute atomic E-state index is 12.7. The molecule has 4 rings (SSSR count). The van der Waals surface area contributed by atoms with Crippen LogP contribution in [0.3, 0.4) is 0 Å². The lowest BCUT2D eigenvalue weighted by Crippen LogP contribution is -2.23. The first kappa shape index (κ1) is 19.1. The van der Waals surface area contributed by atoms with Gasteiger partial charge in [-0.25, -0.2) is 4.99 Å². The molecule has 0 atom stereocenters. The fraction of sp³-hybridized carbons (Fsp3) is 0.273. The average Bonchev–Trinajstić information content (AvgIpc) is 3.29. The normalized spacial score (nSPS) is 20.0. The summed E-state index contributed by atoms with van der Waals surface area (Å²) in [6, 6.07) is 13.8. The van der Waals surface area contributed by atoms with E-state index in [2.05, 4.69) is 35.0 Å². The van der Waals surface area contributed by atoms with Crippen molar-refractivity contribution in [3.05, 3.63) is 63.5 Å². The smallest absolute Gasteiger partial charge is 0.266 e. The number of amidine groups is 1. The summed E-state index contributed by atoms with van der Waals surface area (Å²) in [5, 5.41) is 1.29. The fourth-order valence-electron chi connectivity index (χ4n) is 3.44. The molecule has 0 radical (unpaired) electrons. The monoisotopic (exact) mass is 411 g/mol. The van der Waals surface area contributed by atoms with Crippen LogP contribution >= 0.6 is 23.4 Å². The molecule has 0 bridgehead atoms. The molecule has 2 aliphatic heterocycles.